The lowest BCUT2D eigenvalue weighted by molar-refractivity contribution is -0.141. The Morgan fingerprint density at radius 3 is 2.44 bits per heavy atom. The highest BCUT2D eigenvalue weighted by Crippen LogP contribution is 2.25. The maximum atomic E-state index is 12.9. The van der Waals surface area contributed by atoms with Crippen molar-refractivity contribution in [2.45, 2.75) is 24.0 Å². The molecule has 10 heteroatoms. The minimum absolute atomic E-state index is 0.0413. The molecule has 1 unspecified atom stereocenters. The van der Waals surface area contributed by atoms with Crippen LogP contribution in [-0.2, 0) is 26.2 Å². The molecule has 0 aromatic heterocycles. The van der Waals surface area contributed by atoms with Gasteiger partial charge >= 0.3 is 5.97 Å². The van der Waals surface area contributed by atoms with Gasteiger partial charge in [-0.15, -0.1) is 0 Å². The number of guanidine groups is 1. The second-order valence-electron chi connectivity index (χ2n) is 7.33. The van der Waals surface area contributed by atoms with E-state index in [0.717, 1.165) is 5.56 Å². The Balaban J connectivity index is 1.80. The Bertz CT molecular complexity index is 1260. The normalized spacial score (nSPS) is 11.9. The number of ether oxygens (including phenoxy) is 2. The molecular weight excluding hydrogens is 456 g/mol. The molecule has 0 spiro atoms. The molecule has 0 amide bonds. The van der Waals surface area contributed by atoms with Gasteiger partial charge in [-0.2, -0.15) is 0 Å². The van der Waals surface area contributed by atoms with Crippen LogP contribution in [0.4, 0.5) is 5.69 Å². The Kier molecular flexibility index (Phi) is 8.23. The molecule has 0 saturated heterocycles. The van der Waals surface area contributed by atoms with Gasteiger partial charge in [0, 0.05) is 0 Å². The summed E-state index contributed by atoms with van der Waals surface area (Å²) in [6, 6.07) is 21.2. The number of rotatable bonds is 10. The predicted octanol–water partition coefficient (Wildman–Crippen LogP) is 2.75. The second-order valence-corrected chi connectivity index (χ2v) is 9.05. The summed E-state index contributed by atoms with van der Waals surface area (Å²) in [6.45, 7) is 0.231. The molecule has 0 saturated carbocycles. The lowest BCUT2D eigenvalue weighted by atomic mass is 10.0. The summed E-state index contributed by atoms with van der Waals surface area (Å²) in [6.07, 6.45) is -0.188. The predicted molar refractivity (Wildman–Crippen MR) is 129 cm³/mol. The Labute approximate surface area is 198 Å². The first-order valence-corrected chi connectivity index (χ1v) is 11.8. The third kappa shape index (κ3) is 7.06. The van der Waals surface area contributed by atoms with Crippen molar-refractivity contribution in [3.05, 3.63) is 90.0 Å². The van der Waals surface area contributed by atoms with Crippen molar-refractivity contribution in [1.29, 1.82) is 0 Å². The van der Waals surface area contributed by atoms with Crippen molar-refractivity contribution in [3.8, 4) is 5.75 Å². The molecule has 0 fully saturated rings. The van der Waals surface area contributed by atoms with Crippen LogP contribution in [0.3, 0.4) is 0 Å². The molecule has 178 valence electrons. The number of nitrogens with zero attached hydrogens (tertiary/aromatic N) is 1. The first-order valence-electron chi connectivity index (χ1n) is 10.3. The number of sulfonamides is 1. The fourth-order valence-corrected chi connectivity index (χ4v) is 4.43. The summed E-state index contributed by atoms with van der Waals surface area (Å²) >= 11 is 0. The van der Waals surface area contributed by atoms with E-state index >= 15 is 0 Å². The number of hydrogen-bond acceptors (Lipinski definition) is 6. The van der Waals surface area contributed by atoms with Gasteiger partial charge in [0.1, 0.15) is 12.4 Å². The topological polar surface area (TPSA) is 146 Å². The van der Waals surface area contributed by atoms with Gasteiger partial charge in [-0.1, -0.05) is 42.5 Å². The van der Waals surface area contributed by atoms with Gasteiger partial charge < -0.3 is 20.9 Å². The molecule has 5 N–H and O–H groups in total. The van der Waals surface area contributed by atoms with Crippen molar-refractivity contribution in [3.63, 3.8) is 0 Å². The zero-order valence-corrected chi connectivity index (χ0v) is 19.4. The van der Waals surface area contributed by atoms with Crippen LogP contribution in [0.15, 0.2) is 88.8 Å². The van der Waals surface area contributed by atoms with Crippen LogP contribution in [0, 0.1) is 0 Å². The number of methoxy groups -OCH3 is 1. The number of esters is 1. The van der Waals surface area contributed by atoms with Crippen LogP contribution in [0.1, 0.15) is 23.6 Å². The third-order valence-corrected chi connectivity index (χ3v) is 6.27. The first-order chi connectivity index (χ1) is 16.3. The van der Waals surface area contributed by atoms with E-state index in [1.54, 1.807) is 54.6 Å². The maximum Gasteiger partial charge on any atom is 0.307 e. The largest absolute Gasteiger partial charge is 0.489 e. The summed E-state index contributed by atoms with van der Waals surface area (Å²) in [4.78, 5) is 16.1. The molecule has 34 heavy (non-hydrogen) atoms. The Morgan fingerprint density at radius 1 is 1.00 bits per heavy atom. The smallest absolute Gasteiger partial charge is 0.307 e. The van der Waals surface area contributed by atoms with E-state index in [1.165, 1.54) is 19.2 Å². The molecule has 0 aliphatic heterocycles. The summed E-state index contributed by atoms with van der Waals surface area (Å²) < 4.78 is 39.0. The summed E-state index contributed by atoms with van der Waals surface area (Å²) in [5, 5.41) is 0. The molecule has 0 radical (unpaired) electrons. The minimum Gasteiger partial charge on any atom is -0.489 e. The molecule has 9 nitrogen and oxygen atoms in total. The van der Waals surface area contributed by atoms with Crippen LogP contribution < -0.4 is 20.9 Å². The number of hydrogen-bond donors (Lipinski definition) is 3. The zero-order chi connectivity index (χ0) is 24.6. The first kappa shape index (κ1) is 24.7. The molecular formula is C24H26N4O5S. The van der Waals surface area contributed by atoms with E-state index in [9.17, 15) is 13.2 Å². The number of nitrogens with one attached hydrogen (secondary N) is 1. The fourth-order valence-electron chi connectivity index (χ4n) is 3.19. The average molecular weight is 483 g/mol. The van der Waals surface area contributed by atoms with E-state index in [0.29, 0.717) is 17.0 Å². The van der Waals surface area contributed by atoms with Crippen molar-refractivity contribution >= 4 is 27.6 Å². The summed E-state index contributed by atoms with van der Waals surface area (Å²) in [5.41, 5.74) is 12.8. The molecule has 0 aliphatic carbocycles. The van der Waals surface area contributed by atoms with Crippen LogP contribution in [0.2, 0.25) is 0 Å². The van der Waals surface area contributed by atoms with Crippen molar-refractivity contribution < 1.29 is 22.7 Å². The minimum atomic E-state index is -3.88. The van der Waals surface area contributed by atoms with Crippen LogP contribution in [-0.4, -0.2) is 27.5 Å². The van der Waals surface area contributed by atoms with Gasteiger partial charge in [-0.05, 0) is 47.5 Å². The van der Waals surface area contributed by atoms with E-state index in [2.05, 4.69) is 9.71 Å². The van der Waals surface area contributed by atoms with Crippen molar-refractivity contribution in [2.75, 3.05) is 7.11 Å². The van der Waals surface area contributed by atoms with Crippen LogP contribution in [0.25, 0.3) is 0 Å². The zero-order valence-electron chi connectivity index (χ0n) is 18.5. The van der Waals surface area contributed by atoms with Crippen LogP contribution in [0.5, 0.6) is 5.75 Å². The van der Waals surface area contributed by atoms with Gasteiger partial charge in [-0.25, -0.2) is 18.1 Å². The Morgan fingerprint density at radius 2 is 1.74 bits per heavy atom. The van der Waals surface area contributed by atoms with Gasteiger partial charge in [0.2, 0.25) is 10.0 Å². The highest BCUT2D eigenvalue weighted by molar-refractivity contribution is 7.89. The second kappa shape index (κ2) is 11.3. The number of nitrogens with two attached hydrogens (primary N) is 2. The lowest BCUT2D eigenvalue weighted by Gasteiger charge is -2.19. The summed E-state index contributed by atoms with van der Waals surface area (Å²) in [7, 11) is -2.62. The van der Waals surface area contributed by atoms with E-state index in [-0.39, 0.29) is 23.9 Å². The highest BCUT2D eigenvalue weighted by Gasteiger charge is 2.24. The standard InChI is InChI=1S/C24H26N4O5S/c1-32-23(29)15-22(28-34(30,31)21-11-3-2-4-12-21)18-8-6-10-20(14-18)33-16-17-7-5-9-19(13-17)27-24(25)26/h2-14,22,28H,15-16H2,1H3,(H4,25,26,27). The van der Waals surface area contributed by atoms with E-state index < -0.39 is 22.0 Å². The molecule has 0 heterocycles. The number of aliphatic imine (C=N–C) groups is 1. The quantitative estimate of drug-likeness (QED) is 0.229. The van der Waals surface area contributed by atoms with Crippen molar-refractivity contribution in [1.82, 2.24) is 4.72 Å². The van der Waals surface area contributed by atoms with Gasteiger partial charge in [-0.3, -0.25) is 4.79 Å². The Hall–Kier alpha value is -3.89. The van der Waals surface area contributed by atoms with E-state index in [4.69, 9.17) is 20.9 Å². The monoisotopic (exact) mass is 482 g/mol. The average Bonchev–Trinajstić information content (AvgIpc) is 2.82. The molecule has 0 bridgehead atoms. The molecule has 3 aromatic rings. The maximum absolute atomic E-state index is 12.9. The van der Waals surface area contributed by atoms with Gasteiger partial charge in [0.15, 0.2) is 5.96 Å². The third-order valence-electron chi connectivity index (χ3n) is 4.78. The van der Waals surface area contributed by atoms with Crippen LogP contribution >= 0.6 is 0 Å². The summed E-state index contributed by atoms with van der Waals surface area (Å²) in [5.74, 6) is -0.0949. The molecule has 1 atom stereocenters. The molecule has 0 aliphatic rings. The fraction of sp³-hybridized carbons (Fsp3) is 0.167. The number of benzene rings is 3. The number of carbonyl (C=O) groups excluding carboxylic acids is 1. The highest BCUT2D eigenvalue weighted by atomic mass is 32.2. The lowest BCUT2D eigenvalue weighted by Crippen LogP contribution is -2.30. The van der Waals surface area contributed by atoms with Gasteiger partial charge in [0.25, 0.3) is 0 Å². The van der Waals surface area contributed by atoms with Gasteiger partial charge in [0.05, 0.1) is 30.2 Å². The van der Waals surface area contributed by atoms with Crippen molar-refractivity contribution in [2.24, 2.45) is 16.5 Å². The molecule has 3 rings (SSSR count). The van der Waals surface area contributed by atoms with E-state index in [1.807, 2.05) is 12.1 Å². The SMILES string of the molecule is COC(=O)CC(NS(=O)(=O)c1ccccc1)c1cccc(OCc2cccc(N=C(N)N)c2)c1. The molecule has 3 aromatic carbocycles. The number of carbonyl (C=O) groups is 1.